The van der Waals surface area contributed by atoms with Gasteiger partial charge in [-0.3, -0.25) is 4.99 Å². The van der Waals surface area contributed by atoms with Crippen LogP contribution in [0.5, 0.6) is 0 Å². The predicted octanol–water partition coefficient (Wildman–Crippen LogP) is 1.74. The summed E-state index contributed by atoms with van der Waals surface area (Å²) < 4.78 is 1.05. The maximum atomic E-state index is 5.32. The normalized spacial score (nSPS) is 11.8. The van der Waals surface area contributed by atoms with Gasteiger partial charge in [-0.1, -0.05) is 0 Å². The van der Waals surface area contributed by atoms with E-state index in [1.54, 1.807) is 11.3 Å². The van der Waals surface area contributed by atoms with Crippen LogP contribution in [0.25, 0.3) is 0 Å². The summed E-state index contributed by atoms with van der Waals surface area (Å²) in [5, 5.41) is 1.99. The lowest BCUT2D eigenvalue weighted by Gasteiger charge is -2.02. The minimum absolute atomic E-state index is 0.724. The number of rotatable bonds is 2. The second-order valence-electron chi connectivity index (χ2n) is 2.08. The van der Waals surface area contributed by atoms with Gasteiger partial charge in [0.15, 0.2) is 0 Å². The molecule has 3 nitrogen and oxygen atoms in total. The van der Waals surface area contributed by atoms with E-state index in [9.17, 15) is 0 Å². The number of nitrogens with two attached hydrogens (primary N) is 1. The van der Waals surface area contributed by atoms with Crippen molar-refractivity contribution in [2.24, 2.45) is 10.8 Å². The Balaban J connectivity index is 2.95. The molecule has 0 saturated heterocycles. The summed E-state index contributed by atoms with van der Waals surface area (Å²) in [5.74, 6) is 6.05. The Labute approximate surface area is 83.8 Å². The Morgan fingerprint density at radius 3 is 3.00 bits per heavy atom. The molecule has 3 N–H and O–H groups in total. The van der Waals surface area contributed by atoms with Gasteiger partial charge in [-0.25, -0.2) is 5.84 Å². The van der Waals surface area contributed by atoms with E-state index in [4.69, 9.17) is 5.84 Å². The zero-order valence-electron chi connectivity index (χ0n) is 6.67. The molecule has 0 amide bonds. The van der Waals surface area contributed by atoms with E-state index >= 15 is 0 Å². The van der Waals surface area contributed by atoms with Gasteiger partial charge < -0.3 is 5.43 Å². The molecule has 0 aliphatic heterocycles. The Morgan fingerprint density at radius 1 is 1.83 bits per heavy atom. The number of nitrogens with one attached hydrogen (secondary N) is 1. The fraction of sp³-hybridized carbons (Fsp3) is 0.286. The third-order valence-corrected chi connectivity index (χ3v) is 3.01. The average molecular weight is 248 g/mol. The van der Waals surface area contributed by atoms with E-state index in [1.807, 2.05) is 18.4 Å². The van der Waals surface area contributed by atoms with Crippen LogP contribution in [-0.4, -0.2) is 12.4 Å². The van der Waals surface area contributed by atoms with Gasteiger partial charge in [-0.15, -0.1) is 11.3 Å². The molecule has 0 fully saturated rings. The van der Waals surface area contributed by atoms with Gasteiger partial charge in [-0.05, 0) is 34.3 Å². The number of hydrogen-bond donors (Lipinski definition) is 2. The van der Waals surface area contributed by atoms with Crippen molar-refractivity contribution in [3.63, 3.8) is 0 Å². The van der Waals surface area contributed by atoms with Crippen molar-refractivity contribution in [2.45, 2.75) is 6.92 Å². The van der Waals surface area contributed by atoms with Crippen LogP contribution in [0.1, 0.15) is 12.5 Å². The number of thiophene rings is 1. The van der Waals surface area contributed by atoms with Crippen molar-refractivity contribution in [1.29, 1.82) is 0 Å². The van der Waals surface area contributed by atoms with E-state index in [0.29, 0.717) is 0 Å². The number of hydrazine groups is 1. The highest BCUT2D eigenvalue weighted by Gasteiger charge is 2.06. The lowest BCUT2D eigenvalue weighted by atomic mass is 10.3. The molecule has 0 aliphatic carbocycles. The number of amidine groups is 1. The number of halogens is 1. The first-order valence-corrected chi connectivity index (χ1v) is 5.21. The number of nitrogens with zero attached hydrogens (tertiary/aromatic N) is 1. The largest absolute Gasteiger partial charge is 0.308 e. The zero-order chi connectivity index (χ0) is 8.97. The molecule has 0 unspecified atom stereocenters. The Hall–Kier alpha value is -0.390. The molecular weight excluding hydrogens is 238 g/mol. The van der Waals surface area contributed by atoms with Crippen LogP contribution in [0.3, 0.4) is 0 Å². The first kappa shape index (κ1) is 9.70. The SMILES string of the molecule is CCN=C(NN)c1ccsc1Br. The summed E-state index contributed by atoms with van der Waals surface area (Å²) in [6, 6.07) is 1.98. The van der Waals surface area contributed by atoms with Crippen molar-refractivity contribution >= 4 is 33.1 Å². The highest BCUT2D eigenvalue weighted by molar-refractivity contribution is 9.11. The third-order valence-electron chi connectivity index (χ3n) is 1.33. The van der Waals surface area contributed by atoms with Crippen LogP contribution in [0.4, 0.5) is 0 Å². The van der Waals surface area contributed by atoms with Gasteiger partial charge >= 0.3 is 0 Å². The first-order chi connectivity index (χ1) is 5.79. The van der Waals surface area contributed by atoms with Crippen molar-refractivity contribution in [2.75, 3.05) is 6.54 Å². The Morgan fingerprint density at radius 2 is 2.58 bits per heavy atom. The molecule has 0 radical (unpaired) electrons. The van der Waals surface area contributed by atoms with E-state index in [-0.39, 0.29) is 0 Å². The van der Waals surface area contributed by atoms with Crippen molar-refractivity contribution < 1.29 is 0 Å². The van der Waals surface area contributed by atoms with Gasteiger partial charge in [0.2, 0.25) is 0 Å². The molecule has 5 heteroatoms. The molecule has 0 aliphatic rings. The zero-order valence-corrected chi connectivity index (χ0v) is 9.08. The van der Waals surface area contributed by atoms with Crippen LogP contribution in [0, 0.1) is 0 Å². The minimum Gasteiger partial charge on any atom is -0.308 e. The van der Waals surface area contributed by atoms with Gasteiger partial charge in [0.1, 0.15) is 5.84 Å². The Kier molecular flexibility index (Phi) is 3.71. The molecule has 0 spiro atoms. The highest BCUT2D eigenvalue weighted by Crippen LogP contribution is 2.23. The van der Waals surface area contributed by atoms with E-state index in [2.05, 4.69) is 26.3 Å². The molecule has 0 saturated carbocycles. The number of hydrogen-bond acceptors (Lipinski definition) is 3. The summed E-state index contributed by atoms with van der Waals surface area (Å²) in [7, 11) is 0. The smallest absolute Gasteiger partial charge is 0.144 e. The summed E-state index contributed by atoms with van der Waals surface area (Å²) >= 11 is 5.03. The Bertz CT molecular complexity index is 282. The first-order valence-electron chi connectivity index (χ1n) is 3.54. The predicted molar refractivity (Wildman–Crippen MR) is 56.4 cm³/mol. The lowest BCUT2D eigenvalue weighted by molar-refractivity contribution is 0.992. The average Bonchev–Trinajstić information content (AvgIpc) is 2.47. The summed E-state index contributed by atoms with van der Waals surface area (Å²) in [6.45, 7) is 2.69. The quantitative estimate of drug-likeness (QED) is 0.362. The minimum atomic E-state index is 0.724. The topological polar surface area (TPSA) is 50.4 Å². The summed E-state index contributed by atoms with van der Waals surface area (Å²) in [6.07, 6.45) is 0. The monoisotopic (exact) mass is 247 g/mol. The van der Waals surface area contributed by atoms with Crippen LogP contribution >= 0.6 is 27.3 Å². The standard InChI is InChI=1S/C7H10BrN3S/c1-2-10-7(11-9)5-3-4-12-6(5)8/h3-4H,2,9H2,1H3,(H,10,11). The number of aliphatic imine (C=N–C) groups is 1. The molecule has 12 heavy (non-hydrogen) atoms. The molecular formula is C7H10BrN3S. The van der Waals surface area contributed by atoms with Gasteiger partial charge in [0.05, 0.1) is 3.79 Å². The van der Waals surface area contributed by atoms with Crippen molar-refractivity contribution in [3.8, 4) is 0 Å². The second kappa shape index (κ2) is 4.59. The maximum Gasteiger partial charge on any atom is 0.144 e. The molecule has 1 heterocycles. The third kappa shape index (κ3) is 2.06. The molecule has 0 bridgehead atoms. The molecule has 1 rings (SSSR count). The van der Waals surface area contributed by atoms with Gasteiger partial charge in [0, 0.05) is 12.1 Å². The molecule has 66 valence electrons. The molecule has 1 aromatic rings. The maximum absolute atomic E-state index is 5.32. The fourth-order valence-electron chi connectivity index (χ4n) is 0.830. The summed E-state index contributed by atoms with van der Waals surface area (Å²) in [4.78, 5) is 4.20. The van der Waals surface area contributed by atoms with E-state index < -0.39 is 0 Å². The van der Waals surface area contributed by atoms with Crippen molar-refractivity contribution in [3.05, 3.63) is 20.8 Å². The van der Waals surface area contributed by atoms with Crippen LogP contribution in [0.15, 0.2) is 20.2 Å². The highest BCUT2D eigenvalue weighted by atomic mass is 79.9. The summed E-state index contributed by atoms with van der Waals surface area (Å²) in [5.41, 5.74) is 3.59. The van der Waals surface area contributed by atoms with Gasteiger partial charge in [0.25, 0.3) is 0 Å². The molecule has 0 aromatic carbocycles. The lowest BCUT2D eigenvalue weighted by Crippen LogP contribution is -2.31. The van der Waals surface area contributed by atoms with Crippen LogP contribution in [-0.2, 0) is 0 Å². The molecule has 1 aromatic heterocycles. The van der Waals surface area contributed by atoms with E-state index in [0.717, 1.165) is 21.7 Å². The van der Waals surface area contributed by atoms with E-state index in [1.165, 1.54) is 0 Å². The fourth-order valence-corrected chi connectivity index (χ4v) is 2.09. The van der Waals surface area contributed by atoms with Crippen LogP contribution < -0.4 is 11.3 Å². The van der Waals surface area contributed by atoms with Crippen molar-refractivity contribution in [1.82, 2.24) is 5.43 Å². The molecule has 0 atom stereocenters. The van der Waals surface area contributed by atoms with Gasteiger partial charge in [-0.2, -0.15) is 0 Å². The second-order valence-corrected chi connectivity index (χ2v) is 4.31. The van der Waals surface area contributed by atoms with Crippen LogP contribution in [0.2, 0.25) is 0 Å².